The maximum absolute atomic E-state index is 13.1. The zero-order chi connectivity index (χ0) is 87.9. The lowest BCUT2D eigenvalue weighted by Gasteiger charge is -2.21. The van der Waals surface area contributed by atoms with Crippen LogP contribution in [-0.2, 0) is 55.8 Å². The van der Waals surface area contributed by atoms with E-state index in [9.17, 15) is 43.5 Å². The van der Waals surface area contributed by atoms with Gasteiger partial charge in [0.15, 0.2) is 6.10 Å². The molecule has 18 heteroatoms. The number of ether oxygens (including phenoxy) is 3. The topological polar surface area (TPSA) is 231 Å². The van der Waals surface area contributed by atoms with Crippen LogP contribution in [0.2, 0.25) is 0 Å². The van der Waals surface area contributed by atoms with Crippen molar-refractivity contribution >= 4 is 33.6 Å². The first-order valence-electron chi connectivity index (χ1n) is 47.7. The summed E-state index contributed by atoms with van der Waals surface area (Å²) in [5.41, 5.74) is 0. The molecule has 0 spiro atoms. The molecule has 0 radical (unpaired) electrons. The zero-order valence-electron chi connectivity index (χ0n) is 76.1. The Morgan fingerprint density at radius 1 is 0.231 bits per heavy atom. The van der Waals surface area contributed by atoms with Gasteiger partial charge in [0.05, 0.1) is 26.4 Å². The molecule has 0 heterocycles. The number of phosphoric acid groups is 2. The molecule has 0 aromatic rings. The standard InChI is InChI=1S/C103H172O16P2/c1-4-7-10-13-16-19-22-25-28-31-34-37-40-42-44-45-46-47-48-49-50-51-53-55-57-59-62-65-68-71-74-77-80-83-86-89-101(106)113-92-98(104)93-115-120(109,110)116-94-99(105)95-117-121(111,112)118-97-100(119-103(108)91-88-85-82-79-76-73-70-67-64-61-56-39-36-33-30-27-24-21-18-15-12-9-6-3)96-114-102(107)90-87-84-81-78-75-72-69-66-63-60-58-54-52-43-41-38-35-32-29-26-23-20-17-14-11-8-5-2/h7-12,16-21,25-30,34-39,42-44,52,61,64,70,73,98-100,104-105H,4-6,13-15,22-24,31-33,40-41,45-51,53-60,62-63,65-69,71-72,74-97H2,1-3H3,(H,109,110)(H,111,112)/b10-7-,11-8-,12-9-,19-16-,20-17-,21-18-,28-25-,29-26-,30-27-,37-34-,38-35-,39-36-,44-42-,52-43-,64-61-,73-70-. The summed E-state index contributed by atoms with van der Waals surface area (Å²) in [6.07, 6.45) is 125. The van der Waals surface area contributed by atoms with Crippen LogP contribution in [-0.4, -0.2) is 95.9 Å². The van der Waals surface area contributed by atoms with Gasteiger partial charge in [-0.15, -0.1) is 0 Å². The summed E-state index contributed by atoms with van der Waals surface area (Å²) in [6, 6.07) is 0. The summed E-state index contributed by atoms with van der Waals surface area (Å²) in [6.45, 7) is 2.34. The number of allylic oxidation sites excluding steroid dienone is 32. The Morgan fingerprint density at radius 2 is 0.413 bits per heavy atom. The van der Waals surface area contributed by atoms with E-state index in [1.54, 1.807) is 0 Å². The highest BCUT2D eigenvalue weighted by Gasteiger charge is 2.30. The van der Waals surface area contributed by atoms with Crippen molar-refractivity contribution in [2.24, 2.45) is 0 Å². The highest BCUT2D eigenvalue weighted by atomic mass is 31.2. The van der Waals surface area contributed by atoms with E-state index in [1.807, 2.05) is 0 Å². The van der Waals surface area contributed by atoms with Gasteiger partial charge in [0.25, 0.3) is 0 Å². The third kappa shape index (κ3) is 94.9. The average Bonchev–Trinajstić information content (AvgIpc) is 0.898. The Hall–Kier alpha value is -5.61. The number of carbonyl (C=O) groups excluding carboxylic acids is 3. The number of phosphoric ester groups is 2. The minimum absolute atomic E-state index is 0.0681. The lowest BCUT2D eigenvalue weighted by atomic mass is 10.0. The quantitative estimate of drug-likeness (QED) is 0.0146. The molecule has 0 aromatic heterocycles. The first-order chi connectivity index (χ1) is 59.2. The van der Waals surface area contributed by atoms with Crippen LogP contribution in [0.5, 0.6) is 0 Å². The van der Waals surface area contributed by atoms with Crippen LogP contribution in [0.4, 0.5) is 0 Å². The Kier molecular flexibility index (Phi) is 89.2. The fourth-order valence-corrected chi connectivity index (χ4v) is 14.3. The molecule has 0 amide bonds. The molecule has 0 aliphatic carbocycles. The normalized spacial score (nSPS) is 14.6. The van der Waals surface area contributed by atoms with Crippen molar-refractivity contribution in [3.63, 3.8) is 0 Å². The average molecular weight is 1730 g/mol. The number of aliphatic hydroxyl groups excluding tert-OH is 2. The number of hydrogen-bond acceptors (Lipinski definition) is 14. The van der Waals surface area contributed by atoms with Gasteiger partial charge in [0.2, 0.25) is 0 Å². The van der Waals surface area contributed by atoms with Gasteiger partial charge in [0.1, 0.15) is 25.4 Å². The summed E-state index contributed by atoms with van der Waals surface area (Å²) in [4.78, 5) is 59.1. The Labute approximate surface area is 737 Å². The maximum Gasteiger partial charge on any atom is 0.472 e. The third-order valence-corrected chi connectivity index (χ3v) is 21.7. The first-order valence-corrected chi connectivity index (χ1v) is 50.7. The summed E-state index contributed by atoms with van der Waals surface area (Å²) >= 11 is 0. The van der Waals surface area contributed by atoms with Crippen molar-refractivity contribution in [2.75, 3.05) is 39.6 Å². The highest BCUT2D eigenvalue weighted by molar-refractivity contribution is 7.47. The summed E-state index contributed by atoms with van der Waals surface area (Å²) < 4.78 is 61.5. The Morgan fingerprint density at radius 3 is 0.653 bits per heavy atom. The van der Waals surface area contributed by atoms with Gasteiger partial charge in [-0.2, -0.15) is 0 Å². The molecule has 0 aliphatic rings. The van der Waals surface area contributed by atoms with Gasteiger partial charge in [-0.25, -0.2) is 9.13 Å². The summed E-state index contributed by atoms with van der Waals surface area (Å²) in [5.74, 6) is -1.60. The number of rotatable bonds is 89. The van der Waals surface area contributed by atoms with Gasteiger partial charge in [-0.05, 0) is 161 Å². The van der Waals surface area contributed by atoms with Crippen LogP contribution in [0, 0.1) is 0 Å². The molecule has 4 N–H and O–H groups in total. The smallest absolute Gasteiger partial charge is 0.463 e. The SMILES string of the molecule is CC/C=C\C/C=C\C/C=C\C/C=C\C/C=C\C/C=C\CCCCCCC(=O)OC(COC(=O)CCCCCCCCCCCCC/C=C\C/C=C\C/C=C\C/C=C\C/C=C\CC)COP(=O)(O)OCC(O)COP(=O)(O)OCC(O)COC(=O)CCCCCCCCCCCCCCCCCCCCC/C=C\C/C=C\C/C=C\C/C=C\C/C=C\CC. The van der Waals surface area contributed by atoms with E-state index in [0.29, 0.717) is 19.3 Å². The van der Waals surface area contributed by atoms with Crippen LogP contribution in [0.15, 0.2) is 194 Å². The van der Waals surface area contributed by atoms with Crippen molar-refractivity contribution in [1.82, 2.24) is 0 Å². The Balaban J connectivity index is 4.58. The van der Waals surface area contributed by atoms with Crippen molar-refractivity contribution in [3.05, 3.63) is 194 Å². The Bertz CT molecular complexity index is 2980. The monoisotopic (exact) mass is 1730 g/mol. The largest absolute Gasteiger partial charge is 0.472 e. The second kappa shape index (κ2) is 93.5. The molecule has 121 heavy (non-hydrogen) atoms. The van der Waals surface area contributed by atoms with Crippen molar-refractivity contribution in [2.45, 2.75) is 399 Å². The van der Waals surface area contributed by atoms with E-state index < -0.39 is 91.5 Å². The van der Waals surface area contributed by atoms with Crippen molar-refractivity contribution in [1.29, 1.82) is 0 Å². The molecule has 0 aliphatic heterocycles. The molecular formula is C103H172O16P2. The van der Waals surface area contributed by atoms with Crippen molar-refractivity contribution < 1.29 is 75.8 Å². The maximum atomic E-state index is 13.1. The van der Waals surface area contributed by atoms with E-state index in [2.05, 4.69) is 215 Å². The molecule has 16 nitrogen and oxygen atoms in total. The van der Waals surface area contributed by atoms with Crippen molar-refractivity contribution in [3.8, 4) is 0 Å². The predicted octanol–water partition coefficient (Wildman–Crippen LogP) is 29.8. The molecule has 0 rings (SSSR count). The minimum Gasteiger partial charge on any atom is -0.463 e. The molecule has 690 valence electrons. The van der Waals surface area contributed by atoms with E-state index in [0.717, 1.165) is 180 Å². The predicted molar refractivity (Wildman–Crippen MR) is 509 cm³/mol. The van der Waals surface area contributed by atoms with Crippen LogP contribution in [0.3, 0.4) is 0 Å². The lowest BCUT2D eigenvalue weighted by molar-refractivity contribution is -0.161. The third-order valence-electron chi connectivity index (χ3n) is 19.8. The van der Waals surface area contributed by atoms with E-state index >= 15 is 0 Å². The van der Waals surface area contributed by atoms with E-state index in [-0.39, 0.29) is 19.3 Å². The summed E-state index contributed by atoms with van der Waals surface area (Å²) in [5, 5.41) is 20.8. The second-order valence-electron chi connectivity index (χ2n) is 31.4. The van der Waals surface area contributed by atoms with Crippen LogP contribution < -0.4 is 0 Å². The lowest BCUT2D eigenvalue weighted by Crippen LogP contribution is -2.30. The van der Waals surface area contributed by atoms with Gasteiger partial charge in [-0.3, -0.25) is 32.5 Å². The molecule has 5 atom stereocenters. The number of aliphatic hydroxyl groups is 2. The molecular weight excluding hydrogens is 1560 g/mol. The fourth-order valence-electron chi connectivity index (χ4n) is 12.7. The molecule has 0 saturated heterocycles. The molecule has 0 bridgehead atoms. The molecule has 0 fully saturated rings. The van der Waals surface area contributed by atoms with Crippen LogP contribution in [0.1, 0.15) is 380 Å². The number of unbranched alkanes of at least 4 members (excludes halogenated alkanes) is 34. The minimum atomic E-state index is -4.96. The number of hydrogen-bond donors (Lipinski definition) is 4. The van der Waals surface area contributed by atoms with Gasteiger partial charge in [-0.1, -0.05) is 395 Å². The van der Waals surface area contributed by atoms with Gasteiger partial charge >= 0.3 is 33.6 Å². The first kappa shape index (κ1) is 115. The van der Waals surface area contributed by atoms with Gasteiger partial charge in [0, 0.05) is 19.3 Å². The fraction of sp³-hybridized carbons (Fsp3) is 0.660. The van der Waals surface area contributed by atoms with E-state index in [1.165, 1.54) is 141 Å². The number of carbonyl (C=O) groups is 3. The van der Waals surface area contributed by atoms with Crippen LogP contribution >= 0.6 is 15.6 Å². The molecule has 0 aromatic carbocycles. The van der Waals surface area contributed by atoms with Gasteiger partial charge < -0.3 is 34.2 Å². The molecule has 5 unspecified atom stereocenters. The van der Waals surface area contributed by atoms with E-state index in [4.69, 9.17) is 32.3 Å². The zero-order valence-corrected chi connectivity index (χ0v) is 77.9. The van der Waals surface area contributed by atoms with Crippen LogP contribution in [0.25, 0.3) is 0 Å². The highest BCUT2D eigenvalue weighted by Crippen LogP contribution is 2.45. The second-order valence-corrected chi connectivity index (χ2v) is 34.3. The number of esters is 3. The molecule has 0 saturated carbocycles. The summed E-state index contributed by atoms with van der Waals surface area (Å²) in [7, 11) is -9.83.